The number of fused-ring (bicyclic) bond motifs is 2. The monoisotopic (exact) mass is 398 g/mol. The number of halogens is 2. The van der Waals surface area contributed by atoms with Crippen molar-refractivity contribution in [1.82, 2.24) is 15.5 Å². The molecule has 0 saturated carbocycles. The molecule has 0 aliphatic carbocycles. The molecule has 5 nitrogen and oxygen atoms in total. The summed E-state index contributed by atoms with van der Waals surface area (Å²) in [4.78, 5) is 12.3. The van der Waals surface area contributed by atoms with E-state index in [4.69, 9.17) is 11.6 Å². The summed E-state index contributed by atoms with van der Waals surface area (Å²) < 4.78 is 0. The van der Waals surface area contributed by atoms with Crippen molar-refractivity contribution in [2.75, 3.05) is 5.32 Å². The van der Waals surface area contributed by atoms with Crippen LogP contribution in [0.5, 0.6) is 0 Å². The smallest absolute Gasteiger partial charge is 0.226 e. The lowest BCUT2D eigenvalue weighted by molar-refractivity contribution is -0.117. The lowest BCUT2D eigenvalue weighted by atomic mass is 9.89. The molecular weight excluding hydrogens is 379 g/mol. The van der Waals surface area contributed by atoms with Gasteiger partial charge in [0.25, 0.3) is 0 Å². The van der Waals surface area contributed by atoms with Crippen LogP contribution in [0.15, 0.2) is 24.3 Å². The minimum Gasteiger partial charge on any atom is -0.311 e. The highest BCUT2D eigenvalue weighted by atomic mass is 35.5. The van der Waals surface area contributed by atoms with E-state index in [1.807, 2.05) is 24.3 Å². The number of rotatable bonds is 4. The summed E-state index contributed by atoms with van der Waals surface area (Å²) in [6.07, 6.45) is 5.27. The Kier molecular flexibility index (Phi) is 5.94. The number of amides is 1. The molecule has 8 heteroatoms. The van der Waals surface area contributed by atoms with Crippen molar-refractivity contribution in [1.29, 1.82) is 0 Å². The summed E-state index contributed by atoms with van der Waals surface area (Å²) in [7, 11) is 0. The van der Waals surface area contributed by atoms with E-state index in [1.165, 1.54) is 24.2 Å². The van der Waals surface area contributed by atoms with Gasteiger partial charge in [-0.05, 0) is 37.7 Å². The van der Waals surface area contributed by atoms with E-state index in [-0.39, 0.29) is 18.3 Å². The molecular formula is C17H20Cl2N4OS. The number of benzene rings is 1. The van der Waals surface area contributed by atoms with E-state index in [0.29, 0.717) is 34.6 Å². The Bertz CT molecular complexity index is 742. The summed E-state index contributed by atoms with van der Waals surface area (Å²) in [5.41, 5.74) is 0.840. The van der Waals surface area contributed by atoms with Crippen LogP contribution >= 0.6 is 35.3 Å². The van der Waals surface area contributed by atoms with Crippen LogP contribution in [0.4, 0.5) is 5.13 Å². The van der Waals surface area contributed by atoms with Gasteiger partial charge in [0.05, 0.1) is 5.02 Å². The van der Waals surface area contributed by atoms with Gasteiger partial charge in [0.15, 0.2) is 5.01 Å². The van der Waals surface area contributed by atoms with Crippen molar-refractivity contribution >= 4 is 46.4 Å². The molecule has 2 unspecified atom stereocenters. The number of hydrogen-bond acceptors (Lipinski definition) is 5. The Morgan fingerprint density at radius 1 is 1.24 bits per heavy atom. The number of piperidine rings is 1. The fourth-order valence-electron chi connectivity index (χ4n) is 3.79. The van der Waals surface area contributed by atoms with E-state index in [1.54, 1.807) is 0 Å². The Hall–Kier alpha value is -1.21. The Morgan fingerprint density at radius 2 is 1.96 bits per heavy atom. The molecule has 134 valence electrons. The largest absolute Gasteiger partial charge is 0.311 e. The van der Waals surface area contributed by atoms with E-state index >= 15 is 0 Å². The molecule has 1 aromatic carbocycles. The van der Waals surface area contributed by atoms with Crippen LogP contribution in [0.1, 0.15) is 32.1 Å². The van der Waals surface area contributed by atoms with Gasteiger partial charge >= 0.3 is 0 Å². The van der Waals surface area contributed by atoms with Gasteiger partial charge in [0, 0.05) is 24.1 Å². The molecule has 2 aliphatic rings. The zero-order valence-corrected chi connectivity index (χ0v) is 16.0. The van der Waals surface area contributed by atoms with E-state index in [9.17, 15) is 4.79 Å². The second kappa shape index (κ2) is 7.99. The first-order valence-electron chi connectivity index (χ1n) is 8.31. The van der Waals surface area contributed by atoms with E-state index < -0.39 is 0 Å². The molecule has 2 saturated heterocycles. The van der Waals surface area contributed by atoms with Crippen molar-refractivity contribution in [2.45, 2.75) is 44.2 Å². The first-order valence-corrected chi connectivity index (χ1v) is 9.51. The lowest BCUT2D eigenvalue weighted by Gasteiger charge is -2.28. The van der Waals surface area contributed by atoms with Crippen molar-refractivity contribution in [3.8, 4) is 10.6 Å². The van der Waals surface area contributed by atoms with Crippen molar-refractivity contribution < 1.29 is 4.79 Å². The van der Waals surface area contributed by atoms with Gasteiger partial charge in [-0.25, -0.2) is 0 Å². The van der Waals surface area contributed by atoms with Gasteiger partial charge in [0.1, 0.15) is 0 Å². The van der Waals surface area contributed by atoms with Gasteiger partial charge < -0.3 is 10.6 Å². The molecule has 4 rings (SSSR count). The standard InChI is InChI=1S/C17H19ClN4OS.ClH/c18-14-4-2-1-3-13(14)16-21-22-17(24-16)20-15(23)9-10-7-11-5-6-12(8-10)19-11;/h1-4,10-12,19H,5-9H2,(H,20,22,23);1H. The Morgan fingerprint density at radius 3 is 2.68 bits per heavy atom. The molecule has 2 aliphatic heterocycles. The summed E-state index contributed by atoms with van der Waals surface area (Å²) in [5.74, 6) is 0.503. The highest BCUT2D eigenvalue weighted by Gasteiger charge is 2.34. The van der Waals surface area contributed by atoms with Crippen LogP contribution in [-0.4, -0.2) is 28.2 Å². The number of aromatic nitrogens is 2. The Labute approximate surface area is 162 Å². The van der Waals surface area contributed by atoms with Crippen LogP contribution in [0.2, 0.25) is 5.02 Å². The fraction of sp³-hybridized carbons (Fsp3) is 0.471. The van der Waals surface area contributed by atoms with E-state index in [0.717, 1.165) is 23.4 Å². The van der Waals surface area contributed by atoms with Crippen molar-refractivity contribution in [2.24, 2.45) is 5.92 Å². The maximum Gasteiger partial charge on any atom is 0.226 e. The lowest BCUT2D eigenvalue weighted by Crippen LogP contribution is -2.39. The minimum atomic E-state index is 0. The number of nitrogens with zero attached hydrogens (tertiary/aromatic N) is 2. The molecule has 0 spiro atoms. The predicted octanol–water partition coefficient (Wildman–Crippen LogP) is 4.14. The zero-order valence-electron chi connectivity index (χ0n) is 13.6. The molecule has 2 N–H and O–H groups in total. The second-order valence-corrected chi connectivity index (χ2v) is 8.00. The molecule has 2 fully saturated rings. The summed E-state index contributed by atoms with van der Waals surface area (Å²) in [5, 5.41) is 16.6. The third kappa shape index (κ3) is 4.31. The number of hydrogen-bond donors (Lipinski definition) is 2. The first kappa shape index (κ1) is 18.6. The van der Waals surface area contributed by atoms with Gasteiger partial charge in [-0.3, -0.25) is 4.79 Å². The molecule has 2 atom stereocenters. The molecule has 2 aromatic rings. The maximum atomic E-state index is 12.3. The highest BCUT2D eigenvalue weighted by Crippen LogP contribution is 2.34. The van der Waals surface area contributed by atoms with Crippen LogP contribution in [0.3, 0.4) is 0 Å². The average Bonchev–Trinajstić information content (AvgIpc) is 3.14. The van der Waals surface area contributed by atoms with Gasteiger partial charge in [-0.15, -0.1) is 22.6 Å². The van der Waals surface area contributed by atoms with Gasteiger partial charge in [-0.1, -0.05) is 41.1 Å². The van der Waals surface area contributed by atoms with Crippen LogP contribution < -0.4 is 10.6 Å². The summed E-state index contributed by atoms with van der Waals surface area (Å²) in [6, 6.07) is 8.72. The molecule has 1 aromatic heterocycles. The normalized spacial score (nSPS) is 24.6. The van der Waals surface area contributed by atoms with Crippen LogP contribution in [0, 0.1) is 5.92 Å². The number of anilines is 1. The molecule has 1 amide bonds. The maximum absolute atomic E-state index is 12.3. The third-order valence-corrected chi connectivity index (χ3v) is 6.02. The second-order valence-electron chi connectivity index (χ2n) is 6.62. The zero-order chi connectivity index (χ0) is 16.5. The summed E-state index contributed by atoms with van der Waals surface area (Å²) in [6.45, 7) is 0. The van der Waals surface area contributed by atoms with E-state index in [2.05, 4.69) is 20.8 Å². The number of nitrogens with one attached hydrogen (secondary N) is 2. The molecule has 25 heavy (non-hydrogen) atoms. The number of carbonyl (C=O) groups excluding carboxylic acids is 1. The van der Waals surface area contributed by atoms with Crippen LogP contribution in [-0.2, 0) is 4.79 Å². The molecule has 0 radical (unpaired) electrons. The number of carbonyl (C=O) groups is 1. The van der Waals surface area contributed by atoms with Crippen molar-refractivity contribution in [3.63, 3.8) is 0 Å². The third-order valence-electron chi connectivity index (χ3n) is 4.82. The molecule has 3 heterocycles. The minimum absolute atomic E-state index is 0. The fourth-order valence-corrected chi connectivity index (χ4v) is 4.87. The van der Waals surface area contributed by atoms with Gasteiger partial charge in [-0.2, -0.15) is 0 Å². The average molecular weight is 399 g/mol. The van der Waals surface area contributed by atoms with Crippen LogP contribution in [0.25, 0.3) is 10.6 Å². The predicted molar refractivity (Wildman–Crippen MR) is 104 cm³/mol. The van der Waals surface area contributed by atoms with Crippen molar-refractivity contribution in [3.05, 3.63) is 29.3 Å². The Balaban J connectivity index is 0.00000182. The van der Waals surface area contributed by atoms with Gasteiger partial charge in [0.2, 0.25) is 11.0 Å². The quantitative estimate of drug-likeness (QED) is 0.811. The molecule has 2 bridgehead atoms. The topological polar surface area (TPSA) is 66.9 Å². The summed E-state index contributed by atoms with van der Waals surface area (Å²) >= 11 is 7.53. The first-order chi connectivity index (χ1) is 11.7. The SMILES string of the molecule is Cl.O=C(CC1CC2CCC(C1)N2)Nc1nnc(-c2ccccc2Cl)s1. The highest BCUT2D eigenvalue weighted by molar-refractivity contribution is 7.18.